The molecule has 0 saturated heterocycles. The van der Waals surface area contributed by atoms with Crippen LogP contribution < -0.4 is 10.6 Å². The lowest BCUT2D eigenvalue weighted by atomic mass is 10.1. The molecule has 0 aliphatic carbocycles. The topological polar surface area (TPSA) is 58.2 Å². The molecule has 0 aliphatic heterocycles. The van der Waals surface area contributed by atoms with Gasteiger partial charge in [-0.05, 0) is 43.0 Å². The Hall–Kier alpha value is -2.27. The second-order valence-electron chi connectivity index (χ2n) is 5.16. The van der Waals surface area contributed by atoms with E-state index in [1.54, 1.807) is 30.0 Å². The van der Waals surface area contributed by atoms with Crippen LogP contribution in [0.5, 0.6) is 0 Å². The number of thioether (sulfide) groups is 1. The number of nitrogens with one attached hydrogen (secondary N) is 2. The van der Waals surface area contributed by atoms with Crippen LogP contribution >= 0.6 is 11.8 Å². The van der Waals surface area contributed by atoms with Crippen LogP contribution in [0.1, 0.15) is 22.3 Å². The molecule has 0 unspecified atom stereocenters. The summed E-state index contributed by atoms with van der Waals surface area (Å²) in [7, 11) is 0. The molecule has 0 aromatic heterocycles. The van der Waals surface area contributed by atoms with Crippen LogP contribution in [0.2, 0.25) is 0 Å². The van der Waals surface area contributed by atoms with Gasteiger partial charge in [0.2, 0.25) is 5.91 Å². The molecule has 0 atom stereocenters. The van der Waals surface area contributed by atoms with E-state index in [4.69, 9.17) is 0 Å². The largest absolute Gasteiger partial charge is 0.324 e. The van der Waals surface area contributed by atoms with Crippen molar-refractivity contribution in [1.82, 2.24) is 0 Å². The number of hydrogen-bond acceptors (Lipinski definition) is 3. The molecule has 0 saturated carbocycles. The van der Waals surface area contributed by atoms with Crippen LogP contribution in [0.4, 0.5) is 11.4 Å². The fourth-order valence-electron chi connectivity index (χ4n) is 2.06. The van der Waals surface area contributed by atoms with Gasteiger partial charge in [0.05, 0.1) is 11.4 Å². The highest BCUT2D eigenvalue weighted by molar-refractivity contribution is 7.98. The molecule has 0 heterocycles. The van der Waals surface area contributed by atoms with Crippen molar-refractivity contribution in [2.24, 2.45) is 0 Å². The lowest BCUT2D eigenvalue weighted by Crippen LogP contribution is -2.17. The molecule has 23 heavy (non-hydrogen) atoms. The van der Waals surface area contributed by atoms with E-state index in [9.17, 15) is 9.59 Å². The number of amides is 2. The zero-order chi connectivity index (χ0) is 16.7. The highest BCUT2D eigenvalue weighted by Crippen LogP contribution is 2.24. The van der Waals surface area contributed by atoms with Crippen molar-refractivity contribution in [3.63, 3.8) is 0 Å². The summed E-state index contributed by atoms with van der Waals surface area (Å²) < 4.78 is 0. The zero-order valence-corrected chi connectivity index (χ0v) is 14.1. The third-order valence-corrected chi connectivity index (χ3v) is 3.88. The monoisotopic (exact) mass is 328 g/mol. The number of carbonyl (C=O) groups excluding carboxylic acids is 2. The molecule has 0 bridgehead atoms. The molecule has 2 N–H and O–H groups in total. The van der Waals surface area contributed by atoms with Gasteiger partial charge in [0.1, 0.15) is 0 Å². The molecule has 5 heteroatoms. The van der Waals surface area contributed by atoms with Crippen LogP contribution in [-0.4, -0.2) is 23.8 Å². The van der Waals surface area contributed by atoms with E-state index in [2.05, 4.69) is 10.6 Å². The second-order valence-corrected chi connectivity index (χ2v) is 6.15. The van der Waals surface area contributed by atoms with Crippen LogP contribution in [0.3, 0.4) is 0 Å². The van der Waals surface area contributed by atoms with Crippen LogP contribution in [0.25, 0.3) is 0 Å². The summed E-state index contributed by atoms with van der Waals surface area (Å²) in [5, 5.41) is 5.73. The minimum Gasteiger partial charge on any atom is -0.324 e. The highest BCUT2D eigenvalue weighted by atomic mass is 32.2. The van der Waals surface area contributed by atoms with Crippen LogP contribution in [0.15, 0.2) is 48.5 Å². The van der Waals surface area contributed by atoms with E-state index >= 15 is 0 Å². The minimum absolute atomic E-state index is 0.0554. The quantitative estimate of drug-likeness (QED) is 0.844. The molecule has 2 aromatic carbocycles. The van der Waals surface area contributed by atoms with Gasteiger partial charge in [-0.15, -0.1) is 0 Å². The number of hydrogen-bond donors (Lipinski definition) is 2. The molecule has 120 valence electrons. The Balaban J connectivity index is 2.15. The molecule has 4 nitrogen and oxygen atoms in total. The standard InChI is InChI=1S/C18H20N2O2S/c1-13-8-9-15(16(12-13)19-17(21)10-11-23-2)20-18(22)14-6-4-3-5-7-14/h3-9,12H,10-11H2,1-2H3,(H,19,21)(H,20,22). The van der Waals surface area contributed by atoms with E-state index in [-0.39, 0.29) is 11.8 Å². The smallest absolute Gasteiger partial charge is 0.255 e. The zero-order valence-electron chi connectivity index (χ0n) is 13.3. The van der Waals surface area contributed by atoms with Crippen molar-refractivity contribution in [3.05, 3.63) is 59.7 Å². The van der Waals surface area contributed by atoms with Gasteiger partial charge in [-0.25, -0.2) is 0 Å². The van der Waals surface area contributed by atoms with Gasteiger partial charge in [0.15, 0.2) is 0 Å². The number of anilines is 2. The Kier molecular flexibility index (Phi) is 6.23. The first-order valence-corrected chi connectivity index (χ1v) is 8.75. The highest BCUT2D eigenvalue weighted by Gasteiger charge is 2.11. The summed E-state index contributed by atoms with van der Waals surface area (Å²) in [6.45, 7) is 1.94. The first kappa shape index (κ1) is 17.1. The van der Waals surface area contributed by atoms with Gasteiger partial charge in [-0.1, -0.05) is 24.3 Å². The van der Waals surface area contributed by atoms with E-state index < -0.39 is 0 Å². The Morgan fingerprint density at radius 1 is 1.00 bits per heavy atom. The Morgan fingerprint density at radius 3 is 2.43 bits per heavy atom. The summed E-state index contributed by atoms with van der Waals surface area (Å²) in [5.74, 6) is 0.512. The van der Waals surface area contributed by atoms with Gasteiger partial charge in [0, 0.05) is 17.7 Å². The Morgan fingerprint density at radius 2 is 1.74 bits per heavy atom. The maximum absolute atomic E-state index is 12.3. The molecular weight excluding hydrogens is 308 g/mol. The molecule has 2 amide bonds. The van der Waals surface area contributed by atoms with Crippen molar-refractivity contribution in [2.45, 2.75) is 13.3 Å². The van der Waals surface area contributed by atoms with Crippen molar-refractivity contribution < 1.29 is 9.59 Å². The van der Waals surface area contributed by atoms with Crippen molar-refractivity contribution >= 4 is 35.0 Å². The number of rotatable bonds is 6. The lowest BCUT2D eigenvalue weighted by Gasteiger charge is -2.13. The van der Waals surface area contributed by atoms with E-state index in [0.29, 0.717) is 23.4 Å². The normalized spacial score (nSPS) is 10.2. The average Bonchev–Trinajstić information content (AvgIpc) is 2.56. The minimum atomic E-state index is -0.200. The number of carbonyl (C=O) groups is 2. The molecular formula is C18H20N2O2S. The Bertz CT molecular complexity index is 687. The average molecular weight is 328 g/mol. The van der Waals surface area contributed by atoms with Crippen molar-refractivity contribution in [2.75, 3.05) is 22.6 Å². The molecule has 0 aliphatic rings. The summed E-state index contributed by atoms with van der Waals surface area (Å²) in [6, 6.07) is 14.6. The SMILES string of the molecule is CSCCC(=O)Nc1cc(C)ccc1NC(=O)c1ccccc1. The summed E-state index contributed by atoms with van der Waals surface area (Å²) in [5.41, 5.74) is 2.82. The molecule has 0 spiro atoms. The maximum Gasteiger partial charge on any atom is 0.255 e. The van der Waals surface area contributed by atoms with E-state index in [0.717, 1.165) is 11.3 Å². The van der Waals surface area contributed by atoms with E-state index in [1.807, 2.05) is 43.5 Å². The van der Waals surface area contributed by atoms with Gasteiger partial charge in [-0.2, -0.15) is 11.8 Å². The van der Waals surface area contributed by atoms with Gasteiger partial charge >= 0.3 is 0 Å². The first-order chi connectivity index (χ1) is 11.1. The van der Waals surface area contributed by atoms with Gasteiger partial charge in [0.25, 0.3) is 5.91 Å². The second kappa shape index (κ2) is 8.39. The lowest BCUT2D eigenvalue weighted by molar-refractivity contribution is -0.115. The van der Waals surface area contributed by atoms with Crippen molar-refractivity contribution in [3.8, 4) is 0 Å². The molecule has 2 rings (SSSR count). The summed E-state index contributed by atoms with van der Waals surface area (Å²) >= 11 is 1.63. The number of benzene rings is 2. The predicted molar refractivity (Wildman–Crippen MR) is 97.2 cm³/mol. The van der Waals surface area contributed by atoms with Crippen molar-refractivity contribution in [1.29, 1.82) is 0 Å². The predicted octanol–water partition coefficient (Wildman–Crippen LogP) is 3.94. The number of aryl methyl sites for hydroxylation is 1. The Labute approximate surface area is 140 Å². The molecule has 0 fully saturated rings. The fourth-order valence-corrected chi connectivity index (χ4v) is 2.45. The molecule has 0 radical (unpaired) electrons. The van der Waals surface area contributed by atoms with E-state index in [1.165, 1.54) is 0 Å². The third-order valence-electron chi connectivity index (χ3n) is 3.27. The summed E-state index contributed by atoms with van der Waals surface area (Å²) in [6.07, 6.45) is 2.41. The maximum atomic E-state index is 12.3. The molecule has 2 aromatic rings. The van der Waals surface area contributed by atoms with Gasteiger partial charge in [-0.3, -0.25) is 9.59 Å². The summed E-state index contributed by atoms with van der Waals surface area (Å²) in [4.78, 5) is 24.2. The van der Waals surface area contributed by atoms with Gasteiger partial charge < -0.3 is 10.6 Å². The van der Waals surface area contributed by atoms with Crippen LogP contribution in [0, 0.1) is 6.92 Å². The third kappa shape index (κ3) is 5.14. The van der Waals surface area contributed by atoms with Crippen LogP contribution in [-0.2, 0) is 4.79 Å². The fraction of sp³-hybridized carbons (Fsp3) is 0.222. The first-order valence-electron chi connectivity index (χ1n) is 7.36.